The molecule has 0 heterocycles. The monoisotopic (exact) mass is 426 g/mol. The molecule has 164 valence electrons. The normalized spacial score (nSPS) is 20.8. The first-order chi connectivity index (χ1) is 14.2. The van der Waals surface area contributed by atoms with Gasteiger partial charge in [0.15, 0.2) is 11.6 Å². The molecule has 1 aliphatic rings. The van der Waals surface area contributed by atoms with Crippen molar-refractivity contribution in [3.8, 4) is 16.9 Å². The fourth-order valence-electron chi connectivity index (χ4n) is 4.48. The summed E-state index contributed by atoms with van der Waals surface area (Å²) in [5.41, 5.74) is 1.84. The van der Waals surface area contributed by atoms with Crippen molar-refractivity contribution in [2.45, 2.75) is 58.7 Å². The summed E-state index contributed by atoms with van der Waals surface area (Å²) in [7, 11) is 0. The van der Waals surface area contributed by atoms with Crippen LogP contribution >= 0.6 is 0 Å². The van der Waals surface area contributed by atoms with Gasteiger partial charge in [0, 0.05) is 0 Å². The van der Waals surface area contributed by atoms with Gasteiger partial charge in [0.05, 0.1) is 0 Å². The number of alkyl halides is 3. The predicted molar refractivity (Wildman–Crippen MR) is 107 cm³/mol. The third-order valence-corrected chi connectivity index (χ3v) is 6.33. The Hall–Kier alpha value is -2.11. The maximum atomic E-state index is 14.0. The van der Waals surface area contributed by atoms with Gasteiger partial charge in [0.25, 0.3) is 0 Å². The van der Waals surface area contributed by atoms with Gasteiger partial charge >= 0.3 is 6.36 Å². The molecule has 1 nitrogen and oxygen atoms in total. The second-order valence-corrected chi connectivity index (χ2v) is 8.38. The second-order valence-electron chi connectivity index (χ2n) is 8.38. The molecule has 1 saturated carbocycles. The van der Waals surface area contributed by atoms with Gasteiger partial charge in [-0.2, -0.15) is 0 Å². The Morgan fingerprint density at radius 2 is 1.50 bits per heavy atom. The third kappa shape index (κ3) is 5.73. The van der Waals surface area contributed by atoms with Crippen molar-refractivity contribution in [3.63, 3.8) is 0 Å². The minimum Gasteiger partial charge on any atom is -0.399 e. The highest BCUT2D eigenvalue weighted by molar-refractivity contribution is 5.65. The lowest BCUT2D eigenvalue weighted by Crippen LogP contribution is -2.21. The van der Waals surface area contributed by atoms with E-state index in [4.69, 9.17) is 0 Å². The van der Waals surface area contributed by atoms with E-state index in [1.165, 1.54) is 32.1 Å². The van der Waals surface area contributed by atoms with Crippen molar-refractivity contribution in [2.75, 3.05) is 0 Å². The number of halogens is 5. The maximum Gasteiger partial charge on any atom is 0.573 e. The molecule has 0 aromatic heterocycles. The van der Waals surface area contributed by atoms with Crippen molar-refractivity contribution in [1.29, 1.82) is 0 Å². The van der Waals surface area contributed by atoms with Gasteiger partial charge in [0.2, 0.25) is 5.75 Å². The molecule has 30 heavy (non-hydrogen) atoms. The molecule has 2 aromatic carbocycles. The summed E-state index contributed by atoms with van der Waals surface area (Å²) in [6.45, 7) is 4.53. The van der Waals surface area contributed by atoms with E-state index in [-0.39, 0.29) is 5.56 Å². The van der Waals surface area contributed by atoms with Crippen LogP contribution in [0.1, 0.15) is 51.5 Å². The lowest BCUT2D eigenvalue weighted by atomic mass is 9.74. The van der Waals surface area contributed by atoms with E-state index >= 15 is 0 Å². The molecular weight excluding hydrogens is 399 g/mol. The largest absolute Gasteiger partial charge is 0.573 e. The summed E-state index contributed by atoms with van der Waals surface area (Å²) in [6.07, 6.45) is 2.17. The quantitative estimate of drug-likeness (QED) is 0.426. The lowest BCUT2D eigenvalue weighted by Gasteiger charge is -2.32. The van der Waals surface area contributed by atoms with Gasteiger partial charge in [-0.15, -0.1) is 13.2 Å². The topological polar surface area (TPSA) is 9.23 Å². The Bertz CT molecular complexity index is 813. The lowest BCUT2D eigenvalue weighted by molar-refractivity contribution is -0.276. The molecule has 1 fully saturated rings. The zero-order chi connectivity index (χ0) is 21.9. The van der Waals surface area contributed by atoms with E-state index in [2.05, 4.69) is 18.6 Å². The smallest absolute Gasteiger partial charge is 0.399 e. The zero-order valence-corrected chi connectivity index (χ0v) is 17.2. The highest BCUT2D eigenvalue weighted by Crippen LogP contribution is 2.36. The molecule has 1 aliphatic carbocycles. The van der Waals surface area contributed by atoms with Crippen LogP contribution < -0.4 is 4.74 Å². The molecule has 0 radical (unpaired) electrons. The van der Waals surface area contributed by atoms with Crippen molar-refractivity contribution in [2.24, 2.45) is 17.8 Å². The van der Waals surface area contributed by atoms with Crippen molar-refractivity contribution >= 4 is 0 Å². The average molecular weight is 426 g/mol. The van der Waals surface area contributed by atoms with Crippen molar-refractivity contribution in [3.05, 3.63) is 53.6 Å². The average Bonchev–Trinajstić information content (AvgIpc) is 2.70. The number of hydrogen-bond acceptors (Lipinski definition) is 1. The molecule has 0 N–H and O–H groups in total. The molecule has 0 aliphatic heterocycles. The number of hydrogen-bond donors (Lipinski definition) is 0. The summed E-state index contributed by atoms with van der Waals surface area (Å²) in [4.78, 5) is 0. The van der Waals surface area contributed by atoms with Crippen LogP contribution in [0.25, 0.3) is 11.1 Å². The van der Waals surface area contributed by atoms with Gasteiger partial charge in [0.1, 0.15) is 0 Å². The van der Waals surface area contributed by atoms with Gasteiger partial charge in [-0.25, -0.2) is 8.78 Å². The van der Waals surface area contributed by atoms with E-state index in [1.807, 2.05) is 12.1 Å². The molecule has 6 heteroatoms. The van der Waals surface area contributed by atoms with Crippen molar-refractivity contribution in [1.82, 2.24) is 0 Å². The van der Waals surface area contributed by atoms with Crippen LogP contribution in [0.2, 0.25) is 0 Å². The van der Waals surface area contributed by atoms with Crippen LogP contribution in [-0.2, 0) is 6.42 Å². The Kier molecular flexibility index (Phi) is 7.04. The summed E-state index contributed by atoms with van der Waals surface area (Å²) < 4.78 is 68.3. The van der Waals surface area contributed by atoms with Gasteiger partial charge in [-0.05, 0) is 65.8 Å². The summed E-state index contributed by atoms with van der Waals surface area (Å²) >= 11 is 0. The Labute approximate surface area is 174 Å². The first kappa shape index (κ1) is 22.6. The summed E-state index contributed by atoms with van der Waals surface area (Å²) in [5, 5.41) is 0. The van der Waals surface area contributed by atoms with Crippen LogP contribution in [-0.4, -0.2) is 6.36 Å². The van der Waals surface area contributed by atoms with Gasteiger partial charge in [-0.1, -0.05) is 57.4 Å². The zero-order valence-electron chi connectivity index (χ0n) is 17.2. The summed E-state index contributed by atoms with van der Waals surface area (Å²) in [6, 6.07) is 9.03. The predicted octanol–water partition coefficient (Wildman–Crippen LogP) is 7.93. The van der Waals surface area contributed by atoms with Crippen LogP contribution in [0.5, 0.6) is 5.75 Å². The van der Waals surface area contributed by atoms with E-state index in [9.17, 15) is 22.0 Å². The fourth-order valence-corrected chi connectivity index (χ4v) is 4.48. The number of ether oxygens (including phenoxy) is 1. The SMILES string of the molecule is CCC1CCC(C(C)Cc2ccc(-c3cc(F)c(OC(F)(F)F)c(F)c3)cc2)CC1. The first-order valence-corrected chi connectivity index (χ1v) is 10.5. The van der Waals surface area contributed by atoms with E-state index < -0.39 is 23.7 Å². The third-order valence-electron chi connectivity index (χ3n) is 6.33. The molecule has 0 bridgehead atoms. The molecule has 1 atom stereocenters. The van der Waals surface area contributed by atoms with E-state index in [0.717, 1.165) is 36.0 Å². The van der Waals surface area contributed by atoms with Crippen LogP contribution in [0.15, 0.2) is 36.4 Å². The Morgan fingerprint density at radius 1 is 0.933 bits per heavy atom. The fraction of sp³-hybridized carbons (Fsp3) is 0.500. The Balaban J connectivity index is 1.67. The van der Waals surface area contributed by atoms with Gasteiger partial charge < -0.3 is 4.74 Å². The van der Waals surface area contributed by atoms with Gasteiger partial charge in [-0.3, -0.25) is 0 Å². The molecule has 2 aromatic rings. The Morgan fingerprint density at radius 3 is 2.00 bits per heavy atom. The van der Waals surface area contributed by atoms with Crippen molar-refractivity contribution < 1.29 is 26.7 Å². The molecule has 3 rings (SSSR count). The minimum atomic E-state index is -5.16. The van der Waals surface area contributed by atoms with Crippen LogP contribution in [0.4, 0.5) is 22.0 Å². The first-order valence-electron chi connectivity index (χ1n) is 10.5. The highest BCUT2D eigenvalue weighted by Gasteiger charge is 2.34. The number of benzene rings is 2. The molecule has 0 amide bonds. The summed E-state index contributed by atoms with van der Waals surface area (Å²) in [5.74, 6) is -2.07. The standard InChI is InChI=1S/C24H27F5O/c1-3-16-4-8-18(9-5-16)15(2)12-17-6-10-19(11-7-17)20-13-21(25)23(22(26)14-20)30-24(27,28)29/h6-7,10-11,13-16,18H,3-5,8-9,12H2,1-2H3. The van der Waals surface area contributed by atoms with Crippen LogP contribution in [0.3, 0.4) is 0 Å². The molecule has 1 unspecified atom stereocenters. The minimum absolute atomic E-state index is 0.164. The molecule has 0 saturated heterocycles. The highest BCUT2D eigenvalue weighted by atomic mass is 19.4. The van der Waals surface area contributed by atoms with E-state index in [0.29, 0.717) is 11.5 Å². The molecule has 0 spiro atoms. The number of rotatable bonds is 6. The molecular formula is C24H27F5O. The van der Waals surface area contributed by atoms with E-state index in [1.54, 1.807) is 12.1 Å². The van der Waals surface area contributed by atoms with Crippen LogP contribution in [0, 0.1) is 29.4 Å². The second kappa shape index (κ2) is 9.36. The maximum absolute atomic E-state index is 14.0.